The van der Waals surface area contributed by atoms with Crippen LogP contribution in [0.15, 0.2) is 48.6 Å². The van der Waals surface area contributed by atoms with E-state index in [1.807, 2.05) is 36.4 Å². The Bertz CT molecular complexity index is 443. The number of nitrogens with two attached hydrogens (primary N) is 4. The summed E-state index contributed by atoms with van der Waals surface area (Å²) >= 11 is 0. The van der Waals surface area contributed by atoms with Gasteiger partial charge in [0, 0.05) is 0 Å². The third kappa shape index (κ3) is 1.79. The second kappa shape index (κ2) is 3.54. The van der Waals surface area contributed by atoms with Gasteiger partial charge in [-0.2, -0.15) is 0 Å². The van der Waals surface area contributed by atoms with Gasteiger partial charge >= 0.3 is 0 Å². The van der Waals surface area contributed by atoms with Gasteiger partial charge in [-0.1, -0.05) is 36.4 Å². The molecule has 1 aliphatic rings. The molecule has 0 atom stereocenters. The standard InChI is InChI=1S/C12H16N4/c13-11(14)7-6-10(8-12(11,15)16)9-4-2-1-3-5-9/h1-8H,13-16H2. The smallest absolute Gasteiger partial charge is 0.120 e. The van der Waals surface area contributed by atoms with Crippen LogP contribution in [-0.2, 0) is 0 Å². The van der Waals surface area contributed by atoms with Gasteiger partial charge in [0.05, 0.1) is 0 Å². The summed E-state index contributed by atoms with van der Waals surface area (Å²) in [7, 11) is 0. The predicted octanol–water partition coefficient (Wildman–Crippen LogP) is -0.133. The van der Waals surface area contributed by atoms with E-state index in [-0.39, 0.29) is 0 Å². The molecule has 0 bridgehead atoms. The molecule has 1 aliphatic carbocycles. The Labute approximate surface area is 94.6 Å². The van der Waals surface area contributed by atoms with Crippen LogP contribution in [0, 0.1) is 0 Å². The van der Waals surface area contributed by atoms with Crippen molar-refractivity contribution >= 4 is 5.57 Å². The number of hydrogen-bond acceptors (Lipinski definition) is 4. The molecule has 1 aromatic rings. The first-order chi connectivity index (χ1) is 7.42. The van der Waals surface area contributed by atoms with Crippen molar-refractivity contribution in [2.24, 2.45) is 22.9 Å². The Morgan fingerprint density at radius 2 is 1.44 bits per heavy atom. The zero-order valence-electron chi connectivity index (χ0n) is 8.93. The van der Waals surface area contributed by atoms with Crippen LogP contribution >= 0.6 is 0 Å². The average molecular weight is 216 g/mol. The average Bonchev–Trinajstić information content (AvgIpc) is 2.23. The third-order valence-electron chi connectivity index (χ3n) is 2.79. The third-order valence-corrected chi connectivity index (χ3v) is 2.79. The molecular weight excluding hydrogens is 200 g/mol. The van der Waals surface area contributed by atoms with Crippen molar-refractivity contribution in [3.05, 3.63) is 54.1 Å². The first kappa shape index (κ1) is 11.0. The van der Waals surface area contributed by atoms with Crippen LogP contribution in [0.2, 0.25) is 0 Å². The molecule has 0 spiro atoms. The maximum atomic E-state index is 5.88. The summed E-state index contributed by atoms with van der Waals surface area (Å²) in [6.45, 7) is 0. The second-order valence-corrected chi connectivity index (χ2v) is 4.17. The molecule has 0 saturated heterocycles. The quantitative estimate of drug-likeness (QED) is 0.491. The fourth-order valence-corrected chi connectivity index (χ4v) is 1.61. The van der Waals surface area contributed by atoms with Gasteiger partial charge in [0.2, 0.25) is 0 Å². The molecule has 0 amide bonds. The van der Waals surface area contributed by atoms with Gasteiger partial charge in [0.15, 0.2) is 0 Å². The summed E-state index contributed by atoms with van der Waals surface area (Å²) in [5.41, 5.74) is 22.9. The lowest BCUT2D eigenvalue weighted by atomic mass is 9.86. The van der Waals surface area contributed by atoms with Crippen molar-refractivity contribution in [2.75, 3.05) is 0 Å². The summed E-state index contributed by atoms with van der Waals surface area (Å²) in [6.07, 6.45) is 5.17. The highest BCUT2D eigenvalue weighted by Crippen LogP contribution is 2.25. The van der Waals surface area contributed by atoms with Gasteiger partial charge < -0.3 is 22.9 Å². The molecule has 0 radical (unpaired) electrons. The van der Waals surface area contributed by atoms with Crippen LogP contribution in [0.5, 0.6) is 0 Å². The monoisotopic (exact) mass is 216 g/mol. The molecule has 0 aliphatic heterocycles. The van der Waals surface area contributed by atoms with E-state index in [2.05, 4.69) is 0 Å². The Morgan fingerprint density at radius 3 is 2.00 bits per heavy atom. The molecule has 2 rings (SSSR count). The summed E-state index contributed by atoms with van der Waals surface area (Å²) in [5, 5.41) is 0. The molecule has 4 heteroatoms. The molecule has 4 nitrogen and oxygen atoms in total. The van der Waals surface area contributed by atoms with Crippen molar-refractivity contribution in [3.8, 4) is 0 Å². The molecule has 0 unspecified atom stereocenters. The van der Waals surface area contributed by atoms with Gasteiger partial charge in [0.25, 0.3) is 0 Å². The van der Waals surface area contributed by atoms with Gasteiger partial charge in [-0.05, 0) is 23.3 Å². The summed E-state index contributed by atoms with van der Waals surface area (Å²) < 4.78 is 0. The number of allylic oxidation sites excluding steroid dienone is 2. The second-order valence-electron chi connectivity index (χ2n) is 4.17. The van der Waals surface area contributed by atoms with Crippen molar-refractivity contribution in [2.45, 2.75) is 11.3 Å². The van der Waals surface area contributed by atoms with Crippen LogP contribution in [0.3, 0.4) is 0 Å². The SMILES string of the molecule is NC1(N)C=CC(c2ccccc2)=CC1(N)N. The van der Waals surface area contributed by atoms with Crippen molar-refractivity contribution in [3.63, 3.8) is 0 Å². The highest BCUT2D eigenvalue weighted by molar-refractivity contribution is 5.77. The zero-order chi connectivity index (χ0) is 11.8. The lowest BCUT2D eigenvalue weighted by molar-refractivity contribution is 0.349. The number of hydrogen-bond donors (Lipinski definition) is 4. The van der Waals surface area contributed by atoms with Crippen LogP contribution in [0.25, 0.3) is 5.57 Å². The maximum Gasteiger partial charge on any atom is 0.120 e. The van der Waals surface area contributed by atoms with E-state index in [9.17, 15) is 0 Å². The molecule has 8 N–H and O–H groups in total. The fraction of sp³-hybridized carbons (Fsp3) is 0.167. The molecule has 0 heterocycles. The van der Waals surface area contributed by atoms with Gasteiger partial charge in [-0.15, -0.1) is 0 Å². The van der Waals surface area contributed by atoms with E-state index in [0.717, 1.165) is 11.1 Å². The van der Waals surface area contributed by atoms with E-state index < -0.39 is 11.3 Å². The molecular formula is C12H16N4. The highest BCUT2D eigenvalue weighted by Gasteiger charge is 2.38. The van der Waals surface area contributed by atoms with Crippen LogP contribution < -0.4 is 22.9 Å². The number of benzene rings is 1. The topological polar surface area (TPSA) is 104 Å². The first-order valence-corrected chi connectivity index (χ1v) is 5.05. The highest BCUT2D eigenvalue weighted by atomic mass is 15.1. The van der Waals surface area contributed by atoms with E-state index in [0.29, 0.717) is 0 Å². The molecule has 84 valence electrons. The van der Waals surface area contributed by atoms with E-state index in [4.69, 9.17) is 22.9 Å². The summed E-state index contributed by atoms with van der Waals surface area (Å²) in [6, 6.07) is 9.81. The van der Waals surface area contributed by atoms with E-state index in [1.165, 1.54) is 0 Å². The van der Waals surface area contributed by atoms with Crippen LogP contribution in [0.4, 0.5) is 0 Å². The van der Waals surface area contributed by atoms with E-state index >= 15 is 0 Å². The number of rotatable bonds is 1. The van der Waals surface area contributed by atoms with Gasteiger partial charge in [-0.3, -0.25) is 0 Å². The van der Waals surface area contributed by atoms with Crippen molar-refractivity contribution in [1.29, 1.82) is 0 Å². The lowest BCUT2D eigenvalue weighted by Crippen LogP contribution is -2.74. The summed E-state index contributed by atoms with van der Waals surface area (Å²) in [5.74, 6) is 0. The van der Waals surface area contributed by atoms with Crippen LogP contribution in [0.1, 0.15) is 5.56 Å². The predicted molar refractivity (Wildman–Crippen MR) is 65.8 cm³/mol. The maximum absolute atomic E-state index is 5.88. The molecule has 0 aromatic heterocycles. The van der Waals surface area contributed by atoms with Crippen LogP contribution in [-0.4, -0.2) is 11.3 Å². The largest absolute Gasteiger partial charge is 0.307 e. The molecule has 0 fully saturated rings. The Morgan fingerprint density at radius 1 is 0.812 bits per heavy atom. The first-order valence-electron chi connectivity index (χ1n) is 5.05. The minimum Gasteiger partial charge on any atom is -0.307 e. The Hall–Kier alpha value is -1.46. The van der Waals surface area contributed by atoms with Crippen molar-refractivity contribution in [1.82, 2.24) is 0 Å². The zero-order valence-corrected chi connectivity index (χ0v) is 8.93. The molecule has 16 heavy (non-hydrogen) atoms. The minimum atomic E-state index is -1.24. The molecule has 0 saturated carbocycles. The molecule has 1 aromatic carbocycles. The van der Waals surface area contributed by atoms with E-state index in [1.54, 1.807) is 12.2 Å². The van der Waals surface area contributed by atoms with Gasteiger partial charge in [-0.25, -0.2) is 0 Å². The fourth-order valence-electron chi connectivity index (χ4n) is 1.61. The van der Waals surface area contributed by atoms with Crippen molar-refractivity contribution < 1.29 is 0 Å². The Balaban J connectivity index is 2.41. The Kier molecular flexibility index (Phi) is 2.44. The van der Waals surface area contributed by atoms with Gasteiger partial charge in [0.1, 0.15) is 11.3 Å². The lowest BCUT2D eigenvalue weighted by Gasteiger charge is -2.38. The summed E-state index contributed by atoms with van der Waals surface area (Å²) in [4.78, 5) is 0. The minimum absolute atomic E-state index is 0.928. The normalized spacial score (nSPS) is 21.6.